The van der Waals surface area contributed by atoms with Crippen LogP contribution in [0, 0.1) is 5.92 Å². The molecule has 35 heavy (non-hydrogen) atoms. The highest BCUT2D eigenvalue weighted by Crippen LogP contribution is 2.29. The maximum atomic E-state index is 13.1. The highest BCUT2D eigenvalue weighted by molar-refractivity contribution is 5.78. The van der Waals surface area contributed by atoms with E-state index >= 15 is 0 Å². The molecule has 0 atom stereocenters. The van der Waals surface area contributed by atoms with Crippen molar-refractivity contribution in [2.24, 2.45) is 5.92 Å². The molecule has 4 rings (SSSR count). The van der Waals surface area contributed by atoms with E-state index in [1.54, 1.807) is 26.2 Å². The second kappa shape index (κ2) is 11.2. The molecule has 0 unspecified atom stereocenters. The molecule has 1 aliphatic rings. The first-order valence-electron chi connectivity index (χ1n) is 11.7. The molecule has 0 N–H and O–H groups in total. The highest BCUT2D eigenvalue weighted by Gasteiger charge is 2.28. The largest absolute Gasteiger partial charge is 0.497 e. The Bertz CT molecular complexity index is 1120. The Morgan fingerprint density at radius 3 is 2.40 bits per heavy atom. The van der Waals surface area contributed by atoms with Crippen molar-refractivity contribution >= 4 is 5.91 Å². The van der Waals surface area contributed by atoms with E-state index in [4.69, 9.17) is 18.7 Å². The average Bonchev–Trinajstić information content (AvgIpc) is 3.37. The second-order valence-electron chi connectivity index (χ2n) is 8.67. The van der Waals surface area contributed by atoms with Gasteiger partial charge in [-0.25, -0.2) is 0 Å². The standard InChI is InChI=1S/C26H32N4O5/c1-29(16-18-5-10-22(33-3)23(15-18)34-4)26(31)20-11-13-30(14-12-20)17-24-27-25(28-35-24)19-6-8-21(32-2)9-7-19/h5-10,15,20H,11-14,16-17H2,1-4H3. The van der Waals surface area contributed by atoms with E-state index in [0.717, 1.165) is 42.8 Å². The molecule has 0 aliphatic carbocycles. The summed E-state index contributed by atoms with van der Waals surface area (Å²) in [5.74, 6) is 3.43. The smallest absolute Gasteiger partial charge is 0.241 e. The van der Waals surface area contributed by atoms with Gasteiger partial charge in [0.1, 0.15) is 5.75 Å². The number of likely N-dealkylation sites (tertiary alicyclic amines) is 1. The molecule has 1 aliphatic heterocycles. The van der Waals surface area contributed by atoms with Crippen molar-refractivity contribution < 1.29 is 23.5 Å². The molecule has 1 aromatic heterocycles. The van der Waals surface area contributed by atoms with Gasteiger partial charge in [-0.05, 0) is 67.9 Å². The van der Waals surface area contributed by atoms with Gasteiger partial charge in [0, 0.05) is 25.1 Å². The molecule has 9 heteroatoms. The van der Waals surface area contributed by atoms with Crippen LogP contribution in [0.25, 0.3) is 11.4 Å². The molecule has 0 radical (unpaired) electrons. The van der Waals surface area contributed by atoms with E-state index in [-0.39, 0.29) is 11.8 Å². The van der Waals surface area contributed by atoms with Crippen molar-refractivity contribution in [1.82, 2.24) is 19.9 Å². The highest BCUT2D eigenvalue weighted by atomic mass is 16.5. The number of nitrogens with zero attached hydrogens (tertiary/aromatic N) is 4. The van der Waals surface area contributed by atoms with Crippen LogP contribution in [0.5, 0.6) is 17.2 Å². The zero-order valence-corrected chi connectivity index (χ0v) is 20.7. The van der Waals surface area contributed by atoms with E-state index in [0.29, 0.717) is 36.3 Å². The van der Waals surface area contributed by atoms with Crippen LogP contribution in [0.15, 0.2) is 47.0 Å². The summed E-state index contributed by atoms with van der Waals surface area (Å²) in [6, 6.07) is 13.3. The summed E-state index contributed by atoms with van der Waals surface area (Å²) in [5.41, 5.74) is 1.88. The SMILES string of the molecule is COc1ccc(-c2noc(CN3CCC(C(=O)N(C)Cc4ccc(OC)c(OC)c4)CC3)n2)cc1. The lowest BCUT2D eigenvalue weighted by atomic mass is 9.95. The number of hydrogen-bond donors (Lipinski definition) is 0. The van der Waals surface area contributed by atoms with Gasteiger partial charge in [-0.1, -0.05) is 11.2 Å². The Labute approximate surface area is 205 Å². The monoisotopic (exact) mass is 480 g/mol. The van der Waals surface area contributed by atoms with Gasteiger partial charge in [-0.15, -0.1) is 0 Å². The summed E-state index contributed by atoms with van der Waals surface area (Å²) in [4.78, 5) is 21.6. The second-order valence-corrected chi connectivity index (χ2v) is 8.67. The molecule has 186 valence electrons. The molecule has 2 aromatic carbocycles. The topological polar surface area (TPSA) is 90.2 Å². The third-order valence-corrected chi connectivity index (χ3v) is 6.36. The Balaban J connectivity index is 1.27. The normalized spacial score (nSPS) is 14.5. The Morgan fingerprint density at radius 2 is 1.74 bits per heavy atom. The van der Waals surface area contributed by atoms with E-state index in [9.17, 15) is 4.79 Å². The number of ether oxygens (including phenoxy) is 3. The fourth-order valence-electron chi connectivity index (χ4n) is 4.35. The van der Waals surface area contributed by atoms with Crippen LogP contribution in [0.2, 0.25) is 0 Å². The van der Waals surface area contributed by atoms with Crippen LogP contribution in [0.4, 0.5) is 0 Å². The maximum absolute atomic E-state index is 13.1. The van der Waals surface area contributed by atoms with Gasteiger partial charge in [-0.2, -0.15) is 4.98 Å². The summed E-state index contributed by atoms with van der Waals surface area (Å²) in [7, 11) is 6.70. The van der Waals surface area contributed by atoms with E-state index in [1.807, 2.05) is 49.5 Å². The number of aromatic nitrogens is 2. The van der Waals surface area contributed by atoms with Gasteiger partial charge in [0.2, 0.25) is 17.6 Å². The summed E-state index contributed by atoms with van der Waals surface area (Å²) >= 11 is 0. The Hall–Kier alpha value is -3.59. The van der Waals surface area contributed by atoms with Gasteiger partial charge in [0.15, 0.2) is 11.5 Å². The predicted molar refractivity (Wildman–Crippen MR) is 130 cm³/mol. The lowest BCUT2D eigenvalue weighted by molar-refractivity contribution is -0.136. The number of rotatable bonds is 9. The third kappa shape index (κ3) is 5.92. The van der Waals surface area contributed by atoms with Gasteiger partial charge in [-0.3, -0.25) is 9.69 Å². The molecular weight excluding hydrogens is 448 g/mol. The molecule has 1 amide bonds. The first-order chi connectivity index (χ1) is 17.0. The van der Waals surface area contributed by atoms with Crippen LogP contribution in [-0.2, 0) is 17.9 Å². The minimum absolute atomic E-state index is 0.00828. The van der Waals surface area contributed by atoms with Crippen LogP contribution in [0.3, 0.4) is 0 Å². The predicted octanol–water partition coefficient (Wildman–Crippen LogP) is 3.63. The molecule has 0 spiro atoms. The number of piperidine rings is 1. The molecule has 1 fully saturated rings. The van der Waals surface area contributed by atoms with Crippen molar-refractivity contribution in [3.63, 3.8) is 0 Å². The fourth-order valence-corrected chi connectivity index (χ4v) is 4.35. The number of hydrogen-bond acceptors (Lipinski definition) is 8. The number of carbonyl (C=O) groups is 1. The minimum atomic E-state index is 0.00828. The minimum Gasteiger partial charge on any atom is -0.497 e. The van der Waals surface area contributed by atoms with E-state index in [1.165, 1.54) is 0 Å². The van der Waals surface area contributed by atoms with Crippen molar-refractivity contribution in [2.45, 2.75) is 25.9 Å². The molecule has 9 nitrogen and oxygen atoms in total. The molecular formula is C26H32N4O5. The third-order valence-electron chi connectivity index (χ3n) is 6.36. The summed E-state index contributed by atoms with van der Waals surface area (Å²) in [6.07, 6.45) is 1.60. The first kappa shape index (κ1) is 24.5. The van der Waals surface area contributed by atoms with Gasteiger partial charge in [0.25, 0.3) is 0 Å². The van der Waals surface area contributed by atoms with Crippen molar-refractivity contribution in [3.05, 3.63) is 53.9 Å². The zero-order chi connectivity index (χ0) is 24.8. The Morgan fingerprint density at radius 1 is 1.03 bits per heavy atom. The van der Waals surface area contributed by atoms with Crippen molar-refractivity contribution in [3.8, 4) is 28.6 Å². The Kier molecular flexibility index (Phi) is 7.87. The van der Waals surface area contributed by atoms with Crippen LogP contribution >= 0.6 is 0 Å². The van der Waals surface area contributed by atoms with Crippen molar-refractivity contribution in [2.75, 3.05) is 41.5 Å². The maximum Gasteiger partial charge on any atom is 0.241 e. The van der Waals surface area contributed by atoms with Crippen LogP contribution in [0.1, 0.15) is 24.3 Å². The van der Waals surface area contributed by atoms with Gasteiger partial charge < -0.3 is 23.6 Å². The number of amides is 1. The first-order valence-corrected chi connectivity index (χ1v) is 11.7. The number of methoxy groups -OCH3 is 3. The van der Waals surface area contributed by atoms with Crippen LogP contribution in [-0.4, -0.2) is 67.3 Å². The average molecular weight is 481 g/mol. The van der Waals surface area contributed by atoms with Crippen LogP contribution < -0.4 is 14.2 Å². The lowest BCUT2D eigenvalue weighted by Crippen LogP contribution is -2.40. The molecule has 0 bridgehead atoms. The summed E-state index contributed by atoms with van der Waals surface area (Å²) in [5, 5.41) is 4.11. The zero-order valence-electron chi connectivity index (χ0n) is 20.7. The molecule has 3 aromatic rings. The summed E-state index contributed by atoms with van der Waals surface area (Å²) < 4.78 is 21.3. The van der Waals surface area contributed by atoms with Gasteiger partial charge >= 0.3 is 0 Å². The quantitative estimate of drug-likeness (QED) is 0.459. The molecule has 0 saturated carbocycles. The van der Waals surface area contributed by atoms with Crippen molar-refractivity contribution in [1.29, 1.82) is 0 Å². The van der Waals surface area contributed by atoms with E-state index < -0.39 is 0 Å². The summed E-state index contributed by atoms with van der Waals surface area (Å²) in [6.45, 7) is 2.71. The fraction of sp³-hybridized carbons (Fsp3) is 0.423. The molecule has 1 saturated heterocycles. The molecule has 2 heterocycles. The van der Waals surface area contributed by atoms with Gasteiger partial charge in [0.05, 0.1) is 27.9 Å². The lowest BCUT2D eigenvalue weighted by Gasteiger charge is -2.32. The number of benzene rings is 2. The number of carbonyl (C=O) groups excluding carboxylic acids is 1. The van der Waals surface area contributed by atoms with E-state index in [2.05, 4.69) is 15.0 Å².